The number of pyridine rings is 1. The number of allylic oxidation sites excluding steroid dienone is 1. The Labute approximate surface area is 140 Å². The third-order valence-electron chi connectivity index (χ3n) is 4.24. The van der Waals surface area contributed by atoms with Gasteiger partial charge in [-0.25, -0.2) is 4.98 Å². The molecule has 2 heterocycles. The Morgan fingerprint density at radius 1 is 0.958 bits per heavy atom. The van der Waals surface area contributed by atoms with Gasteiger partial charge in [-0.15, -0.1) is 0 Å². The molecule has 1 N–H and O–H groups in total. The van der Waals surface area contributed by atoms with Gasteiger partial charge in [0.25, 0.3) is 5.91 Å². The number of amides is 1. The quantitative estimate of drug-likeness (QED) is 0.717. The van der Waals surface area contributed by atoms with Crippen molar-refractivity contribution in [1.29, 1.82) is 0 Å². The van der Waals surface area contributed by atoms with Crippen LogP contribution >= 0.6 is 0 Å². The van der Waals surface area contributed by atoms with Crippen molar-refractivity contribution < 1.29 is 4.79 Å². The summed E-state index contributed by atoms with van der Waals surface area (Å²) in [6, 6.07) is 17.6. The highest BCUT2D eigenvalue weighted by Crippen LogP contribution is 2.38. The first kappa shape index (κ1) is 14.5. The first-order valence-electron chi connectivity index (χ1n) is 7.89. The van der Waals surface area contributed by atoms with Gasteiger partial charge in [-0.3, -0.25) is 9.69 Å². The van der Waals surface area contributed by atoms with E-state index in [1.807, 2.05) is 55.5 Å². The lowest BCUT2D eigenvalue weighted by Gasteiger charge is -2.23. The zero-order valence-electron chi connectivity index (χ0n) is 13.6. The van der Waals surface area contributed by atoms with E-state index in [4.69, 9.17) is 4.98 Å². The SMILES string of the molecule is CC1=CC(=O)N(c2ccccc2)c2nc3ccccc3c(C)c2N1. The zero-order chi connectivity index (χ0) is 16.7. The standard InChI is InChI=1S/C20H17N3O/c1-13-12-18(24)23(15-8-4-3-5-9-15)20-19(21-13)14(2)16-10-6-7-11-17(16)22-20/h3-12,21H,1-2H3. The van der Waals surface area contributed by atoms with Gasteiger partial charge >= 0.3 is 0 Å². The van der Waals surface area contributed by atoms with Crippen molar-refractivity contribution in [3.8, 4) is 0 Å². The molecule has 0 saturated heterocycles. The summed E-state index contributed by atoms with van der Waals surface area (Å²) in [6.07, 6.45) is 1.61. The van der Waals surface area contributed by atoms with E-state index in [1.54, 1.807) is 11.0 Å². The van der Waals surface area contributed by atoms with Crippen molar-refractivity contribution in [2.24, 2.45) is 0 Å². The van der Waals surface area contributed by atoms with Crippen LogP contribution in [0.3, 0.4) is 0 Å². The van der Waals surface area contributed by atoms with Gasteiger partial charge in [0.15, 0.2) is 5.82 Å². The number of para-hydroxylation sites is 2. The molecule has 4 heteroatoms. The normalized spacial score (nSPS) is 14.0. The molecule has 24 heavy (non-hydrogen) atoms. The van der Waals surface area contributed by atoms with Crippen LogP contribution in [0.25, 0.3) is 10.9 Å². The van der Waals surface area contributed by atoms with E-state index in [9.17, 15) is 4.79 Å². The van der Waals surface area contributed by atoms with Crippen LogP contribution in [0.15, 0.2) is 66.4 Å². The molecule has 2 aromatic carbocycles. The van der Waals surface area contributed by atoms with Crippen molar-refractivity contribution in [2.45, 2.75) is 13.8 Å². The van der Waals surface area contributed by atoms with Crippen molar-refractivity contribution in [2.75, 3.05) is 10.2 Å². The maximum Gasteiger partial charge on any atom is 0.258 e. The molecule has 1 aliphatic heterocycles. The van der Waals surface area contributed by atoms with Crippen LogP contribution < -0.4 is 10.2 Å². The van der Waals surface area contributed by atoms with Crippen molar-refractivity contribution in [3.63, 3.8) is 0 Å². The van der Waals surface area contributed by atoms with E-state index >= 15 is 0 Å². The summed E-state index contributed by atoms with van der Waals surface area (Å²) in [4.78, 5) is 19.3. The van der Waals surface area contributed by atoms with Crippen LogP contribution in [0.5, 0.6) is 0 Å². The van der Waals surface area contributed by atoms with E-state index in [0.717, 1.165) is 33.5 Å². The van der Waals surface area contributed by atoms with Crippen LogP contribution in [-0.4, -0.2) is 10.9 Å². The minimum atomic E-state index is -0.105. The monoisotopic (exact) mass is 315 g/mol. The second-order valence-electron chi connectivity index (χ2n) is 5.91. The number of anilines is 3. The zero-order valence-corrected chi connectivity index (χ0v) is 13.6. The average molecular weight is 315 g/mol. The number of carbonyl (C=O) groups excluding carboxylic acids is 1. The average Bonchev–Trinajstić information content (AvgIpc) is 2.71. The number of carbonyl (C=O) groups is 1. The van der Waals surface area contributed by atoms with Crippen molar-refractivity contribution in [3.05, 3.63) is 71.9 Å². The molecule has 0 saturated carbocycles. The topological polar surface area (TPSA) is 45.2 Å². The molecule has 0 spiro atoms. The molecular weight excluding hydrogens is 298 g/mol. The van der Waals surface area contributed by atoms with Gasteiger partial charge in [0.2, 0.25) is 0 Å². The lowest BCUT2D eigenvalue weighted by molar-refractivity contribution is -0.113. The Balaban J connectivity index is 2.05. The van der Waals surface area contributed by atoms with E-state index in [-0.39, 0.29) is 5.91 Å². The number of hydrogen-bond acceptors (Lipinski definition) is 3. The number of nitrogens with one attached hydrogen (secondary N) is 1. The molecule has 0 atom stereocenters. The molecule has 0 unspecified atom stereocenters. The number of nitrogens with zero attached hydrogens (tertiary/aromatic N) is 2. The fourth-order valence-corrected chi connectivity index (χ4v) is 3.09. The van der Waals surface area contributed by atoms with Crippen LogP contribution in [-0.2, 0) is 4.79 Å². The van der Waals surface area contributed by atoms with Gasteiger partial charge in [0, 0.05) is 17.2 Å². The molecule has 4 nitrogen and oxygen atoms in total. The molecular formula is C20H17N3O. The van der Waals surface area contributed by atoms with Crippen LogP contribution in [0, 0.1) is 6.92 Å². The highest BCUT2D eigenvalue weighted by atomic mass is 16.2. The first-order chi connectivity index (χ1) is 11.6. The predicted octanol–water partition coefficient (Wildman–Crippen LogP) is 4.54. The third-order valence-corrected chi connectivity index (χ3v) is 4.24. The fourth-order valence-electron chi connectivity index (χ4n) is 3.09. The fraction of sp³-hybridized carbons (Fsp3) is 0.100. The maximum absolute atomic E-state index is 12.8. The Kier molecular flexibility index (Phi) is 3.31. The molecule has 1 aromatic heterocycles. The van der Waals surface area contributed by atoms with Crippen molar-refractivity contribution >= 4 is 34.0 Å². The summed E-state index contributed by atoms with van der Waals surface area (Å²) in [5, 5.41) is 4.43. The Morgan fingerprint density at radius 3 is 2.46 bits per heavy atom. The molecule has 3 aromatic rings. The summed E-state index contributed by atoms with van der Waals surface area (Å²) in [6.45, 7) is 3.95. The summed E-state index contributed by atoms with van der Waals surface area (Å²) in [5.41, 5.74) is 4.44. The van der Waals surface area contributed by atoms with E-state index < -0.39 is 0 Å². The van der Waals surface area contributed by atoms with Crippen LogP contribution in [0.2, 0.25) is 0 Å². The molecule has 118 valence electrons. The lowest BCUT2D eigenvalue weighted by atomic mass is 10.1. The van der Waals surface area contributed by atoms with Gasteiger partial charge in [0.1, 0.15) is 0 Å². The lowest BCUT2D eigenvalue weighted by Crippen LogP contribution is -2.24. The van der Waals surface area contributed by atoms with E-state index in [1.165, 1.54) is 0 Å². The predicted molar refractivity (Wildman–Crippen MR) is 97.4 cm³/mol. The number of aryl methyl sites for hydroxylation is 1. The molecule has 1 amide bonds. The number of hydrogen-bond donors (Lipinski definition) is 1. The third kappa shape index (κ3) is 2.24. The molecule has 0 radical (unpaired) electrons. The molecule has 0 fully saturated rings. The molecule has 0 aliphatic carbocycles. The minimum Gasteiger partial charge on any atom is -0.356 e. The molecule has 0 bridgehead atoms. The number of rotatable bonds is 1. The largest absolute Gasteiger partial charge is 0.356 e. The van der Waals surface area contributed by atoms with E-state index in [2.05, 4.69) is 18.3 Å². The van der Waals surface area contributed by atoms with Crippen LogP contribution in [0.1, 0.15) is 12.5 Å². The van der Waals surface area contributed by atoms with Gasteiger partial charge in [-0.05, 0) is 37.6 Å². The van der Waals surface area contributed by atoms with E-state index in [0.29, 0.717) is 5.82 Å². The van der Waals surface area contributed by atoms with Gasteiger partial charge in [-0.2, -0.15) is 0 Å². The smallest absolute Gasteiger partial charge is 0.258 e. The summed E-state index contributed by atoms with van der Waals surface area (Å²) < 4.78 is 0. The van der Waals surface area contributed by atoms with Gasteiger partial charge < -0.3 is 5.32 Å². The number of fused-ring (bicyclic) bond motifs is 2. The Bertz CT molecular complexity index is 977. The molecule has 1 aliphatic rings. The highest BCUT2D eigenvalue weighted by molar-refractivity contribution is 6.11. The maximum atomic E-state index is 12.8. The second kappa shape index (κ2) is 5.49. The van der Waals surface area contributed by atoms with Gasteiger partial charge in [-0.1, -0.05) is 36.4 Å². The summed E-state index contributed by atoms with van der Waals surface area (Å²) in [5.74, 6) is 0.530. The Morgan fingerprint density at radius 2 is 1.67 bits per heavy atom. The number of benzene rings is 2. The Hall–Kier alpha value is -3.14. The second-order valence-corrected chi connectivity index (χ2v) is 5.91. The molecule has 4 rings (SSSR count). The first-order valence-corrected chi connectivity index (χ1v) is 7.89. The minimum absolute atomic E-state index is 0.105. The van der Waals surface area contributed by atoms with Crippen molar-refractivity contribution in [1.82, 2.24) is 4.98 Å². The summed E-state index contributed by atoms with van der Waals surface area (Å²) in [7, 11) is 0. The van der Waals surface area contributed by atoms with Crippen LogP contribution in [0.4, 0.5) is 17.2 Å². The highest BCUT2D eigenvalue weighted by Gasteiger charge is 2.26. The summed E-state index contributed by atoms with van der Waals surface area (Å²) >= 11 is 0. The number of aromatic nitrogens is 1. The van der Waals surface area contributed by atoms with Gasteiger partial charge in [0.05, 0.1) is 16.9 Å².